The minimum Gasteiger partial charge on any atom is -0.317 e. The molecule has 5 heteroatoms. The van der Waals surface area contributed by atoms with Crippen molar-refractivity contribution < 1.29 is 8.42 Å². The normalized spacial score (nSPS) is 12.2. The fourth-order valence-electron chi connectivity index (χ4n) is 1.72. The molecule has 0 unspecified atom stereocenters. The Morgan fingerprint density at radius 2 is 1.67 bits per heavy atom. The van der Waals surface area contributed by atoms with Gasteiger partial charge < -0.3 is 10.2 Å². The SMILES string of the molecule is CCCNCCCCCCN(C)CCS(C)(=O)=O. The van der Waals surface area contributed by atoms with Gasteiger partial charge in [-0.1, -0.05) is 19.8 Å². The molecule has 0 aromatic rings. The first-order valence-electron chi connectivity index (χ1n) is 7.02. The number of hydrogen-bond acceptors (Lipinski definition) is 4. The Kier molecular flexibility index (Phi) is 10.7. The van der Waals surface area contributed by atoms with Crippen LogP contribution in [0, 0.1) is 0 Å². The first-order chi connectivity index (χ1) is 8.45. The van der Waals surface area contributed by atoms with Crippen molar-refractivity contribution in [2.24, 2.45) is 0 Å². The zero-order valence-corrected chi connectivity index (χ0v) is 13.1. The van der Waals surface area contributed by atoms with Crippen LogP contribution in [0.25, 0.3) is 0 Å². The molecule has 0 spiro atoms. The van der Waals surface area contributed by atoms with Gasteiger partial charge in [-0.2, -0.15) is 0 Å². The standard InChI is InChI=1S/C13H30N2O2S/c1-4-9-14-10-7-5-6-8-11-15(2)12-13-18(3,16)17/h14H,4-13H2,1-3H3. The van der Waals surface area contributed by atoms with Crippen molar-refractivity contribution in [3.8, 4) is 0 Å². The lowest BCUT2D eigenvalue weighted by molar-refractivity contribution is 0.341. The Labute approximate surface area is 113 Å². The second-order valence-corrected chi connectivity index (χ2v) is 7.36. The topological polar surface area (TPSA) is 49.4 Å². The van der Waals surface area contributed by atoms with Gasteiger partial charge in [0.2, 0.25) is 0 Å². The summed E-state index contributed by atoms with van der Waals surface area (Å²) in [4.78, 5) is 2.11. The van der Waals surface area contributed by atoms with Crippen molar-refractivity contribution in [2.75, 3.05) is 45.2 Å². The van der Waals surface area contributed by atoms with E-state index >= 15 is 0 Å². The maximum atomic E-state index is 11.0. The van der Waals surface area contributed by atoms with Crippen molar-refractivity contribution in [3.63, 3.8) is 0 Å². The minimum atomic E-state index is -2.82. The van der Waals surface area contributed by atoms with Crippen molar-refractivity contribution in [2.45, 2.75) is 39.0 Å². The van der Waals surface area contributed by atoms with E-state index in [0.29, 0.717) is 6.54 Å². The second-order valence-electron chi connectivity index (χ2n) is 5.10. The van der Waals surface area contributed by atoms with E-state index in [4.69, 9.17) is 0 Å². The van der Waals surface area contributed by atoms with Crippen LogP contribution in [0.2, 0.25) is 0 Å². The van der Waals surface area contributed by atoms with Crippen molar-refractivity contribution >= 4 is 9.84 Å². The van der Waals surface area contributed by atoms with Crippen LogP contribution in [0.15, 0.2) is 0 Å². The lowest BCUT2D eigenvalue weighted by Crippen LogP contribution is -2.26. The number of hydrogen-bond donors (Lipinski definition) is 1. The summed E-state index contributed by atoms with van der Waals surface area (Å²) in [5.41, 5.74) is 0. The predicted octanol–water partition coefficient (Wildman–Crippen LogP) is 1.52. The highest BCUT2D eigenvalue weighted by Gasteiger charge is 2.04. The maximum absolute atomic E-state index is 11.0. The van der Waals surface area contributed by atoms with Crippen molar-refractivity contribution in [3.05, 3.63) is 0 Å². The molecule has 0 rings (SSSR count). The maximum Gasteiger partial charge on any atom is 0.148 e. The highest BCUT2D eigenvalue weighted by Crippen LogP contribution is 2.00. The fraction of sp³-hybridized carbons (Fsp3) is 1.00. The van der Waals surface area contributed by atoms with E-state index < -0.39 is 9.84 Å². The summed E-state index contributed by atoms with van der Waals surface area (Å²) >= 11 is 0. The van der Waals surface area contributed by atoms with Gasteiger partial charge in [-0.3, -0.25) is 0 Å². The molecule has 0 saturated carbocycles. The number of nitrogens with zero attached hydrogens (tertiary/aromatic N) is 1. The van der Waals surface area contributed by atoms with E-state index in [1.165, 1.54) is 31.9 Å². The van der Waals surface area contributed by atoms with E-state index in [0.717, 1.165) is 26.1 Å². The molecule has 0 bridgehead atoms. The number of rotatable bonds is 12. The Balaban J connectivity index is 3.28. The van der Waals surface area contributed by atoms with Crippen LogP contribution in [0.4, 0.5) is 0 Å². The van der Waals surface area contributed by atoms with Crippen LogP contribution in [-0.2, 0) is 9.84 Å². The highest BCUT2D eigenvalue weighted by molar-refractivity contribution is 7.90. The van der Waals surface area contributed by atoms with Crippen molar-refractivity contribution in [1.29, 1.82) is 0 Å². The second kappa shape index (κ2) is 10.8. The molecule has 110 valence electrons. The van der Waals surface area contributed by atoms with Gasteiger partial charge in [-0.25, -0.2) is 8.42 Å². The Morgan fingerprint density at radius 1 is 1.00 bits per heavy atom. The molecule has 1 N–H and O–H groups in total. The summed E-state index contributed by atoms with van der Waals surface area (Å²) in [6, 6.07) is 0. The molecule has 0 aliphatic rings. The van der Waals surface area contributed by atoms with Gasteiger partial charge in [0.15, 0.2) is 0 Å². The van der Waals surface area contributed by atoms with Crippen LogP contribution in [-0.4, -0.2) is 58.6 Å². The first-order valence-corrected chi connectivity index (χ1v) is 9.08. The van der Waals surface area contributed by atoms with Crippen molar-refractivity contribution in [1.82, 2.24) is 10.2 Å². The van der Waals surface area contributed by atoms with E-state index in [-0.39, 0.29) is 5.75 Å². The summed E-state index contributed by atoms with van der Waals surface area (Å²) in [6.45, 7) is 6.07. The zero-order valence-electron chi connectivity index (χ0n) is 12.2. The van der Waals surface area contributed by atoms with Gasteiger partial charge in [0.05, 0.1) is 5.75 Å². The van der Waals surface area contributed by atoms with Crippen LogP contribution in [0.3, 0.4) is 0 Å². The number of sulfone groups is 1. The van der Waals surface area contributed by atoms with Gasteiger partial charge in [0, 0.05) is 12.8 Å². The summed E-state index contributed by atoms with van der Waals surface area (Å²) in [5, 5.41) is 3.39. The van der Waals surface area contributed by atoms with Gasteiger partial charge >= 0.3 is 0 Å². The molecule has 0 aliphatic heterocycles. The molecular weight excluding hydrogens is 248 g/mol. The summed E-state index contributed by atoms with van der Waals surface area (Å²) in [6.07, 6.45) is 7.39. The molecule has 18 heavy (non-hydrogen) atoms. The molecule has 4 nitrogen and oxygen atoms in total. The third-order valence-electron chi connectivity index (χ3n) is 2.91. The molecule has 0 heterocycles. The van der Waals surface area contributed by atoms with E-state index in [1.54, 1.807) is 0 Å². The lowest BCUT2D eigenvalue weighted by Gasteiger charge is -2.15. The van der Waals surface area contributed by atoms with E-state index in [2.05, 4.69) is 17.1 Å². The van der Waals surface area contributed by atoms with Crippen LogP contribution in [0.1, 0.15) is 39.0 Å². The third kappa shape index (κ3) is 13.9. The average Bonchev–Trinajstić information content (AvgIpc) is 2.29. The van der Waals surface area contributed by atoms with E-state index in [9.17, 15) is 8.42 Å². The summed E-state index contributed by atoms with van der Waals surface area (Å²) in [5.74, 6) is 0.268. The van der Waals surface area contributed by atoms with Crippen LogP contribution < -0.4 is 5.32 Å². The Morgan fingerprint density at radius 3 is 2.28 bits per heavy atom. The molecule has 0 atom stereocenters. The smallest absolute Gasteiger partial charge is 0.148 e. The first kappa shape index (κ1) is 17.9. The number of nitrogens with one attached hydrogen (secondary N) is 1. The Bertz CT molecular complexity index is 279. The minimum absolute atomic E-state index is 0.268. The van der Waals surface area contributed by atoms with Gasteiger partial charge in [-0.15, -0.1) is 0 Å². The summed E-state index contributed by atoms with van der Waals surface area (Å²) in [7, 11) is -0.823. The molecule has 0 aromatic carbocycles. The molecule has 0 aliphatic carbocycles. The Hall–Kier alpha value is -0.130. The highest BCUT2D eigenvalue weighted by atomic mass is 32.2. The molecule has 0 saturated heterocycles. The fourth-order valence-corrected chi connectivity index (χ4v) is 2.36. The third-order valence-corrected chi connectivity index (χ3v) is 3.84. The quantitative estimate of drug-likeness (QED) is 0.550. The molecule has 0 fully saturated rings. The lowest BCUT2D eigenvalue weighted by atomic mass is 10.2. The van der Waals surface area contributed by atoms with Crippen LogP contribution >= 0.6 is 0 Å². The van der Waals surface area contributed by atoms with Gasteiger partial charge in [0.25, 0.3) is 0 Å². The molecular formula is C13H30N2O2S. The monoisotopic (exact) mass is 278 g/mol. The van der Waals surface area contributed by atoms with Gasteiger partial charge in [-0.05, 0) is 45.9 Å². The molecule has 0 radical (unpaired) electrons. The zero-order chi connectivity index (χ0) is 13.9. The molecule has 0 aromatic heterocycles. The van der Waals surface area contributed by atoms with E-state index in [1.807, 2.05) is 7.05 Å². The van der Waals surface area contributed by atoms with Crippen LogP contribution in [0.5, 0.6) is 0 Å². The summed E-state index contributed by atoms with van der Waals surface area (Å²) < 4.78 is 22.0. The molecule has 0 amide bonds. The van der Waals surface area contributed by atoms with Gasteiger partial charge in [0.1, 0.15) is 9.84 Å². The number of unbranched alkanes of at least 4 members (excludes halogenated alkanes) is 3. The largest absolute Gasteiger partial charge is 0.317 e. The predicted molar refractivity (Wildman–Crippen MR) is 78.8 cm³/mol. The average molecular weight is 278 g/mol.